The number of halogens is 3. The van der Waals surface area contributed by atoms with Crippen molar-refractivity contribution in [2.24, 2.45) is 0 Å². The van der Waals surface area contributed by atoms with E-state index in [0.717, 1.165) is 0 Å². The first-order valence-electron chi connectivity index (χ1n) is 5.39. The van der Waals surface area contributed by atoms with Crippen LogP contribution in [0.4, 0.5) is 0 Å². The van der Waals surface area contributed by atoms with Crippen LogP contribution in [0.25, 0.3) is 11.1 Å². The maximum absolute atomic E-state index is 11.1. The fraction of sp³-hybridized carbons (Fsp3) is 0.0714. The summed E-state index contributed by atoms with van der Waals surface area (Å²) in [7, 11) is 0. The summed E-state index contributed by atoms with van der Waals surface area (Å²) in [5.74, 6) is -0.986. The zero-order valence-corrected chi connectivity index (χ0v) is 12.1. The monoisotopic (exact) mass is 314 g/mol. The van der Waals surface area contributed by atoms with Crippen LogP contribution in [0.5, 0.6) is 0 Å². The number of hydrogen-bond donors (Lipinski definition) is 1. The predicted octanol–water partition coefficient (Wildman–Crippen LogP) is 5.32. The first-order valence-corrected chi connectivity index (χ1v) is 6.53. The first-order chi connectivity index (χ1) is 8.91. The van der Waals surface area contributed by atoms with Crippen LogP contribution in [0.3, 0.4) is 0 Å². The van der Waals surface area contributed by atoms with Gasteiger partial charge < -0.3 is 5.11 Å². The summed E-state index contributed by atoms with van der Waals surface area (Å²) in [6, 6.07) is 8.14. The van der Waals surface area contributed by atoms with Crippen molar-refractivity contribution >= 4 is 40.8 Å². The Morgan fingerprint density at radius 1 is 1.11 bits per heavy atom. The molecule has 0 fully saturated rings. The van der Waals surface area contributed by atoms with Crippen LogP contribution in [0.15, 0.2) is 30.3 Å². The van der Waals surface area contributed by atoms with Gasteiger partial charge in [0.2, 0.25) is 0 Å². The molecule has 0 aromatic heterocycles. The Morgan fingerprint density at radius 2 is 1.68 bits per heavy atom. The average molecular weight is 316 g/mol. The maximum atomic E-state index is 11.1. The number of aromatic carboxylic acids is 1. The van der Waals surface area contributed by atoms with Gasteiger partial charge in [-0.05, 0) is 36.2 Å². The van der Waals surface area contributed by atoms with Crippen molar-refractivity contribution in [3.05, 3.63) is 56.5 Å². The lowest BCUT2D eigenvalue weighted by Crippen LogP contribution is -2.01. The van der Waals surface area contributed by atoms with Gasteiger partial charge in [0, 0.05) is 10.6 Å². The van der Waals surface area contributed by atoms with Crippen molar-refractivity contribution in [1.82, 2.24) is 0 Å². The van der Waals surface area contributed by atoms with E-state index in [-0.39, 0.29) is 5.56 Å². The minimum Gasteiger partial charge on any atom is -0.478 e. The van der Waals surface area contributed by atoms with E-state index in [1.165, 1.54) is 0 Å². The normalized spacial score (nSPS) is 10.5. The molecule has 0 saturated carbocycles. The highest BCUT2D eigenvalue weighted by Crippen LogP contribution is 2.39. The lowest BCUT2D eigenvalue weighted by atomic mass is 9.96. The molecule has 1 N–H and O–H groups in total. The summed E-state index contributed by atoms with van der Waals surface area (Å²) in [5.41, 5.74) is 2.11. The summed E-state index contributed by atoms with van der Waals surface area (Å²) in [6.45, 7) is 1.72. The first kappa shape index (κ1) is 14.2. The van der Waals surface area contributed by atoms with Crippen LogP contribution in [-0.4, -0.2) is 11.1 Å². The number of rotatable bonds is 2. The lowest BCUT2D eigenvalue weighted by Gasteiger charge is -2.12. The van der Waals surface area contributed by atoms with Crippen molar-refractivity contribution in [3.8, 4) is 11.1 Å². The van der Waals surface area contributed by atoms with Gasteiger partial charge in [0.05, 0.1) is 15.6 Å². The largest absolute Gasteiger partial charge is 0.478 e. The number of hydrogen-bond acceptors (Lipinski definition) is 1. The van der Waals surface area contributed by atoms with Gasteiger partial charge in [0.15, 0.2) is 0 Å². The Labute approximate surface area is 125 Å². The Morgan fingerprint density at radius 3 is 2.21 bits per heavy atom. The van der Waals surface area contributed by atoms with Crippen LogP contribution >= 0.6 is 34.8 Å². The quantitative estimate of drug-likeness (QED) is 0.814. The average Bonchev–Trinajstić information content (AvgIpc) is 2.29. The lowest BCUT2D eigenvalue weighted by molar-refractivity contribution is 0.0696. The molecule has 0 atom stereocenters. The van der Waals surface area contributed by atoms with Gasteiger partial charge in [-0.15, -0.1) is 0 Å². The number of carbonyl (C=O) groups is 1. The van der Waals surface area contributed by atoms with Gasteiger partial charge in [-0.1, -0.05) is 46.9 Å². The van der Waals surface area contributed by atoms with Gasteiger partial charge in [-0.3, -0.25) is 0 Å². The third-order valence-corrected chi connectivity index (χ3v) is 3.65. The van der Waals surface area contributed by atoms with Gasteiger partial charge in [0.25, 0.3) is 0 Å². The molecule has 0 heterocycles. The number of carboxylic acids is 1. The van der Waals surface area contributed by atoms with E-state index < -0.39 is 5.97 Å². The molecule has 2 aromatic carbocycles. The van der Waals surface area contributed by atoms with Crippen molar-refractivity contribution < 1.29 is 9.90 Å². The third kappa shape index (κ3) is 2.71. The molecular weight excluding hydrogens is 307 g/mol. The topological polar surface area (TPSA) is 37.3 Å². The van der Waals surface area contributed by atoms with Crippen molar-refractivity contribution in [2.75, 3.05) is 0 Å². The van der Waals surface area contributed by atoms with Crippen LogP contribution in [0.2, 0.25) is 15.1 Å². The Hall–Kier alpha value is -1.22. The Kier molecular flexibility index (Phi) is 4.04. The number of carboxylic acid groups (broad SMARTS) is 1. The number of benzene rings is 2. The molecule has 0 amide bonds. The van der Waals surface area contributed by atoms with Gasteiger partial charge >= 0.3 is 5.97 Å². The highest BCUT2D eigenvalue weighted by molar-refractivity contribution is 6.41. The Bertz CT molecular complexity index is 643. The molecule has 5 heteroatoms. The van der Waals surface area contributed by atoms with Crippen molar-refractivity contribution in [1.29, 1.82) is 0 Å². The van der Waals surface area contributed by atoms with Gasteiger partial charge in [0.1, 0.15) is 0 Å². The molecule has 2 nitrogen and oxygen atoms in total. The maximum Gasteiger partial charge on any atom is 0.335 e. The van der Waals surface area contributed by atoms with Crippen LogP contribution < -0.4 is 0 Å². The predicted molar refractivity (Wildman–Crippen MR) is 78.6 cm³/mol. The van der Waals surface area contributed by atoms with E-state index in [1.807, 2.05) is 0 Å². The minimum atomic E-state index is -0.986. The summed E-state index contributed by atoms with van der Waals surface area (Å²) in [4.78, 5) is 11.1. The van der Waals surface area contributed by atoms with E-state index in [4.69, 9.17) is 39.9 Å². The van der Waals surface area contributed by atoms with Crippen LogP contribution in [0.1, 0.15) is 15.9 Å². The van der Waals surface area contributed by atoms with E-state index in [9.17, 15) is 4.79 Å². The molecule has 0 spiro atoms. The summed E-state index contributed by atoms with van der Waals surface area (Å²) < 4.78 is 0. The molecule has 2 aromatic rings. The van der Waals surface area contributed by atoms with Crippen LogP contribution in [0, 0.1) is 6.92 Å². The molecule has 0 aliphatic rings. The van der Waals surface area contributed by atoms with E-state index in [1.54, 1.807) is 37.3 Å². The van der Waals surface area contributed by atoms with E-state index in [2.05, 4.69) is 0 Å². The molecular formula is C14H9Cl3O2. The third-order valence-electron chi connectivity index (χ3n) is 2.84. The molecule has 2 rings (SSSR count). The SMILES string of the molecule is Cc1c(C(=O)O)cccc1-c1c(Cl)cc(Cl)cc1Cl. The molecule has 0 unspecified atom stereocenters. The Balaban J connectivity index is 2.73. The summed E-state index contributed by atoms with van der Waals surface area (Å²) >= 11 is 18.2. The fourth-order valence-corrected chi connectivity index (χ4v) is 2.96. The standard InChI is InChI=1S/C14H9Cl3O2/c1-7-9(3-2-4-10(7)14(18)19)13-11(16)5-8(15)6-12(13)17/h2-6H,1H3,(H,18,19). The fourth-order valence-electron chi connectivity index (χ4n) is 1.94. The summed E-state index contributed by atoms with van der Waals surface area (Å²) in [6.07, 6.45) is 0. The zero-order chi connectivity index (χ0) is 14.2. The van der Waals surface area contributed by atoms with Gasteiger partial charge in [-0.25, -0.2) is 4.79 Å². The molecule has 0 saturated heterocycles. The minimum absolute atomic E-state index is 0.222. The smallest absolute Gasteiger partial charge is 0.335 e. The zero-order valence-electron chi connectivity index (χ0n) is 9.88. The molecule has 98 valence electrons. The highest BCUT2D eigenvalue weighted by atomic mass is 35.5. The second-order valence-corrected chi connectivity index (χ2v) is 5.28. The summed E-state index contributed by atoms with van der Waals surface area (Å²) in [5, 5.41) is 10.4. The van der Waals surface area contributed by atoms with Crippen molar-refractivity contribution in [2.45, 2.75) is 6.92 Å². The molecule has 0 bridgehead atoms. The van der Waals surface area contributed by atoms with Gasteiger partial charge in [-0.2, -0.15) is 0 Å². The van der Waals surface area contributed by atoms with E-state index >= 15 is 0 Å². The second-order valence-electron chi connectivity index (χ2n) is 4.03. The molecule has 19 heavy (non-hydrogen) atoms. The molecule has 0 aliphatic carbocycles. The van der Waals surface area contributed by atoms with Crippen molar-refractivity contribution in [3.63, 3.8) is 0 Å². The van der Waals surface area contributed by atoms with E-state index in [0.29, 0.717) is 31.8 Å². The second kappa shape index (κ2) is 5.41. The molecule has 0 aliphatic heterocycles. The van der Waals surface area contributed by atoms with Crippen LogP contribution in [-0.2, 0) is 0 Å². The highest BCUT2D eigenvalue weighted by Gasteiger charge is 2.16. The molecule has 0 radical (unpaired) electrons.